The molecule has 1 N–H and O–H groups in total. The van der Waals surface area contributed by atoms with E-state index >= 15 is 0 Å². The van der Waals surface area contributed by atoms with Gasteiger partial charge in [-0.3, -0.25) is 4.57 Å². The van der Waals surface area contributed by atoms with Crippen LogP contribution in [-0.2, 0) is 0 Å². The van der Waals surface area contributed by atoms with Crippen LogP contribution in [0, 0.1) is 28.8 Å². The van der Waals surface area contributed by atoms with Gasteiger partial charge in [-0.15, -0.1) is 0 Å². The molecule has 0 saturated carbocycles. The van der Waals surface area contributed by atoms with Gasteiger partial charge in [0.05, 0.1) is 16.6 Å². The van der Waals surface area contributed by atoms with Gasteiger partial charge in [0.1, 0.15) is 11.9 Å². The molecule has 0 saturated heterocycles. The molecule has 3 nitrogen and oxygen atoms in total. The van der Waals surface area contributed by atoms with Crippen molar-refractivity contribution >= 4 is 23.3 Å². The molecule has 1 aromatic heterocycles. The van der Waals surface area contributed by atoms with Crippen molar-refractivity contribution in [2.45, 2.75) is 6.92 Å². The first-order valence-corrected chi connectivity index (χ1v) is 6.42. The van der Waals surface area contributed by atoms with Crippen LogP contribution in [0.2, 0.25) is 0 Å². The maximum atomic E-state index is 13.4. The van der Waals surface area contributed by atoms with Gasteiger partial charge < -0.3 is 4.98 Å². The van der Waals surface area contributed by atoms with Gasteiger partial charge in [0, 0.05) is 5.69 Å². The van der Waals surface area contributed by atoms with Gasteiger partial charge in [-0.25, -0.2) is 4.39 Å². The topological polar surface area (TPSA) is 44.5 Å². The van der Waals surface area contributed by atoms with E-state index in [9.17, 15) is 4.39 Å². The molecule has 0 aliphatic carbocycles. The summed E-state index contributed by atoms with van der Waals surface area (Å²) in [6.45, 7) is 1.99. The van der Waals surface area contributed by atoms with Crippen molar-refractivity contribution in [2.24, 2.45) is 0 Å². The van der Waals surface area contributed by atoms with Crippen LogP contribution in [0.15, 0.2) is 36.4 Å². The number of fused-ring (bicyclic) bond motifs is 1. The van der Waals surface area contributed by atoms with Gasteiger partial charge in [-0.05, 0) is 55.0 Å². The number of hydrogen-bond donors (Lipinski definition) is 1. The van der Waals surface area contributed by atoms with Crippen LogP contribution in [0.5, 0.6) is 0 Å². The van der Waals surface area contributed by atoms with Crippen LogP contribution in [0.1, 0.15) is 11.1 Å². The van der Waals surface area contributed by atoms with E-state index in [0.29, 0.717) is 10.5 Å². The van der Waals surface area contributed by atoms with Gasteiger partial charge in [0.15, 0.2) is 4.77 Å². The van der Waals surface area contributed by atoms with E-state index in [0.717, 1.165) is 16.6 Å². The highest BCUT2D eigenvalue weighted by atomic mass is 32.1. The zero-order valence-electron chi connectivity index (χ0n) is 10.6. The van der Waals surface area contributed by atoms with Crippen LogP contribution in [0.4, 0.5) is 4.39 Å². The second kappa shape index (κ2) is 4.58. The number of nitrogens with zero attached hydrogens (tertiary/aromatic N) is 2. The molecule has 0 atom stereocenters. The van der Waals surface area contributed by atoms with Crippen molar-refractivity contribution in [1.29, 1.82) is 5.26 Å². The molecule has 0 amide bonds. The molecule has 3 rings (SSSR count). The smallest absolute Gasteiger partial charge is 0.182 e. The SMILES string of the molecule is Cc1ccc2[nH]c(=S)n(-c3ccc(F)c(C#N)c3)c2c1. The fourth-order valence-electron chi connectivity index (χ4n) is 2.21. The lowest BCUT2D eigenvalue weighted by Gasteiger charge is -2.06. The van der Waals surface area contributed by atoms with E-state index < -0.39 is 5.82 Å². The number of aromatic amines is 1. The highest BCUT2D eigenvalue weighted by Crippen LogP contribution is 2.22. The number of H-pyrrole nitrogens is 1. The maximum absolute atomic E-state index is 13.4. The zero-order chi connectivity index (χ0) is 14.3. The molecule has 0 aliphatic rings. The van der Waals surface area contributed by atoms with E-state index in [2.05, 4.69) is 4.98 Å². The van der Waals surface area contributed by atoms with E-state index in [1.807, 2.05) is 31.2 Å². The van der Waals surface area contributed by atoms with Crippen LogP contribution in [0.3, 0.4) is 0 Å². The third-order valence-electron chi connectivity index (χ3n) is 3.17. The van der Waals surface area contributed by atoms with E-state index in [4.69, 9.17) is 17.5 Å². The lowest BCUT2D eigenvalue weighted by Crippen LogP contribution is -1.96. The monoisotopic (exact) mass is 283 g/mol. The van der Waals surface area contributed by atoms with Crippen LogP contribution >= 0.6 is 12.2 Å². The minimum absolute atomic E-state index is 0.00593. The number of nitriles is 1. The summed E-state index contributed by atoms with van der Waals surface area (Å²) in [6, 6.07) is 12.2. The lowest BCUT2D eigenvalue weighted by molar-refractivity contribution is 0.623. The third-order valence-corrected chi connectivity index (χ3v) is 3.45. The molecule has 0 unspecified atom stereocenters. The van der Waals surface area contributed by atoms with Crippen molar-refractivity contribution in [3.63, 3.8) is 0 Å². The Kier molecular flexibility index (Phi) is 2.88. The van der Waals surface area contributed by atoms with Crippen LogP contribution < -0.4 is 0 Å². The van der Waals surface area contributed by atoms with Crippen molar-refractivity contribution in [3.8, 4) is 11.8 Å². The van der Waals surface area contributed by atoms with Gasteiger partial charge in [-0.1, -0.05) is 6.07 Å². The predicted molar refractivity (Wildman–Crippen MR) is 77.9 cm³/mol. The Hall–Kier alpha value is -2.45. The fraction of sp³-hybridized carbons (Fsp3) is 0.0667. The second-order valence-electron chi connectivity index (χ2n) is 4.56. The van der Waals surface area contributed by atoms with E-state index in [1.165, 1.54) is 12.1 Å². The van der Waals surface area contributed by atoms with Crippen molar-refractivity contribution in [2.75, 3.05) is 0 Å². The van der Waals surface area contributed by atoms with Crippen LogP contribution in [-0.4, -0.2) is 9.55 Å². The molecule has 5 heteroatoms. The zero-order valence-corrected chi connectivity index (χ0v) is 11.5. The average molecular weight is 283 g/mol. The molecule has 0 spiro atoms. The van der Waals surface area contributed by atoms with Gasteiger partial charge >= 0.3 is 0 Å². The summed E-state index contributed by atoms with van der Waals surface area (Å²) in [6.07, 6.45) is 0. The summed E-state index contributed by atoms with van der Waals surface area (Å²) < 4.78 is 15.7. The Morgan fingerprint density at radius 3 is 2.80 bits per heavy atom. The Labute approximate surface area is 119 Å². The number of imidazole rings is 1. The normalized spacial score (nSPS) is 10.7. The van der Waals surface area contributed by atoms with Crippen molar-refractivity contribution in [3.05, 3.63) is 58.1 Å². The summed E-state index contributed by atoms with van der Waals surface area (Å²) >= 11 is 5.32. The quantitative estimate of drug-likeness (QED) is 0.686. The summed E-state index contributed by atoms with van der Waals surface area (Å²) in [5, 5.41) is 8.93. The largest absolute Gasteiger partial charge is 0.330 e. The lowest BCUT2D eigenvalue weighted by atomic mass is 10.2. The number of aryl methyl sites for hydroxylation is 1. The molecule has 0 radical (unpaired) electrons. The van der Waals surface area contributed by atoms with Crippen molar-refractivity contribution in [1.82, 2.24) is 9.55 Å². The minimum Gasteiger partial charge on any atom is -0.330 e. The Balaban J connectivity index is 2.35. The fourth-order valence-corrected chi connectivity index (χ4v) is 2.52. The predicted octanol–water partition coefficient (Wildman–Crippen LogP) is 4.01. The van der Waals surface area contributed by atoms with Gasteiger partial charge in [-0.2, -0.15) is 5.26 Å². The molecule has 0 bridgehead atoms. The first-order chi connectivity index (χ1) is 9.60. The maximum Gasteiger partial charge on any atom is 0.182 e. The second-order valence-corrected chi connectivity index (χ2v) is 4.95. The Morgan fingerprint density at radius 2 is 2.05 bits per heavy atom. The molecule has 98 valence electrons. The number of rotatable bonds is 1. The van der Waals surface area contributed by atoms with E-state index in [1.54, 1.807) is 10.6 Å². The number of halogens is 1. The minimum atomic E-state index is -0.529. The molecule has 2 aromatic carbocycles. The first-order valence-electron chi connectivity index (χ1n) is 6.01. The molecule has 3 aromatic rings. The third kappa shape index (κ3) is 1.91. The molecule has 1 heterocycles. The molecule has 20 heavy (non-hydrogen) atoms. The summed E-state index contributed by atoms with van der Waals surface area (Å²) in [4.78, 5) is 3.11. The van der Waals surface area contributed by atoms with Gasteiger partial charge in [0.25, 0.3) is 0 Å². The number of aromatic nitrogens is 2. The summed E-state index contributed by atoms with van der Waals surface area (Å²) in [5.41, 5.74) is 3.59. The highest BCUT2D eigenvalue weighted by Gasteiger charge is 2.09. The first kappa shape index (κ1) is 12.6. The summed E-state index contributed by atoms with van der Waals surface area (Å²) in [7, 11) is 0. The highest BCUT2D eigenvalue weighted by molar-refractivity contribution is 7.71. The molecular weight excluding hydrogens is 273 g/mol. The molecule has 0 fully saturated rings. The molecule has 0 aliphatic heterocycles. The van der Waals surface area contributed by atoms with Crippen LogP contribution in [0.25, 0.3) is 16.7 Å². The summed E-state index contributed by atoms with van der Waals surface area (Å²) in [5.74, 6) is -0.529. The standard InChI is InChI=1S/C15H10FN3S/c1-9-2-5-13-14(6-9)19(15(20)18-13)11-3-4-12(16)10(7-11)8-17/h2-7H,1H3,(H,18,20). The number of benzene rings is 2. The average Bonchev–Trinajstić information content (AvgIpc) is 2.75. The number of hydrogen-bond acceptors (Lipinski definition) is 2. The van der Waals surface area contributed by atoms with E-state index in [-0.39, 0.29) is 5.56 Å². The molecular formula is C15H10FN3S. The number of nitrogens with one attached hydrogen (secondary N) is 1. The van der Waals surface area contributed by atoms with Crippen molar-refractivity contribution < 1.29 is 4.39 Å². The Morgan fingerprint density at radius 1 is 1.25 bits per heavy atom. The van der Waals surface area contributed by atoms with Gasteiger partial charge in [0.2, 0.25) is 0 Å². The Bertz CT molecular complexity index is 915.